The van der Waals surface area contributed by atoms with Gasteiger partial charge in [0.25, 0.3) is 0 Å². The van der Waals surface area contributed by atoms with Gasteiger partial charge in [-0.05, 0) is 36.6 Å². The zero-order chi connectivity index (χ0) is 16.9. The van der Waals surface area contributed by atoms with E-state index < -0.39 is 0 Å². The normalized spacial score (nSPS) is 17.5. The lowest BCUT2D eigenvalue weighted by Gasteiger charge is -2.34. The second kappa shape index (κ2) is 7.29. The van der Waals surface area contributed by atoms with Gasteiger partial charge in [-0.25, -0.2) is 9.97 Å². The van der Waals surface area contributed by atoms with E-state index in [1.54, 1.807) is 41.6 Å². The van der Waals surface area contributed by atoms with E-state index in [0.29, 0.717) is 19.0 Å². The van der Waals surface area contributed by atoms with Gasteiger partial charge in [-0.15, -0.1) is 0 Å². The third-order valence-corrected chi connectivity index (χ3v) is 4.31. The summed E-state index contributed by atoms with van der Waals surface area (Å²) < 4.78 is 0. The van der Waals surface area contributed by atoms with Gasteiger partial charge in [-0.3, -0.25) is 4.79 Å². The molecular weight excluding hydrogens is 304 g/mol. The summed E-state index contributed by atoms with van der Waals surface area (Å²) in [4.78, 5) is 25.1. The Balaban J connectivity index is 1.63. The molecule has 1 aromatic heterocycles. The van der Waals surface area contributed by atoms with Crippen LogP contribution in [0.3, 0.4) is 0 Å². The zero-order valence-electron chi connectivity index (χ0n) is 13.8. The predicted molar refractivity (Wildman–Crippen MR) is 91.5 cm³/mol. The first-order valence-electron chi connectivity index (χ1n) is 8.18. The van der Waals surface area contributed by atoms with Gasteiger partial charge in [0, 0.05) is 39.1 Å². The number of amides is 1. The molecule has 1 aliphatic rings. The highest BCUT2D eigenvalue weighted by Crippen LogP contribution is 2.22. The number of anilines is 1. The van der Waals surface area contributed by atoms with Crippen molar-refractivity contribution in [3.8, 4) is 5.75 Å². The van der Waals surface area contributed by atoms with Crippen LogP contribution in [0.5, 0.6) is 5.75 Å². The van der Waals surface area contributed by atoms with Crippen LogP contribution >= 0.6 is 0 Å². The highest BCUT2D eigenvalue weighted by Gasteiger charge is 2.29. The second-order valence-electron chi connectivity index (χ2n) is 6.20. The van der Waals surface area contributed by atoms with Crippen molar-refractivity contribution in [3.05, 3.63) is 48.3 Å². The van der Waals surface area contributed by atoms with Gasteiger partial charge >= 0.3 is 0 Å². The van der Waals surface area contributed by atoms with Crippen LogP contribution in [0.15, 0.2) is 42.7 Å². The van der Waals surface area contributed by atoms with Crippen molar-refractivity contribution in [1.82, 2.24) is 14.9 Å². The summed E-state index contributed by atoms with van der Waals surface area (Å²) in [5, 5.41) is 9.55. The number of phenolic OH excluding ortho intramolecular Hbond substituents is 1. The van der Waals surface area contributed by atoms with Crippen LogP contribution in [-0.4, -0.2) is 46.0 Å². The van der Waals surface area contributed by atoms with E-state index in [4.69, 9.17) is 0 Å². The van der Waals surface area contributed by atoms with E-state index in [1.807, 2.05) is 13.1 Å². The maximum absolute atomic E-state index is 12.8. The fourth-order valence-corrected chi connectivity index (χ4v) is 3.13. The smallest absolute Gasteiger partial charge is 0.227 e. The molecule has 1 aromatic carbocycles. The second-order valence-corrected chi connectivity index (χ2v) is 6.20. The monoisotopic (exact) mass is 326 g/mol. The van der Waals surface area contributed by atoms with Gasteiger partial charge in [0.1, 0.15) is 5.75 Å². The summed E-state index contributed by atoms with van der Waals surface area (Å²) in [6.45, 7) is 2.02. The molecule has 1 fully saturated rings. The van der Waals surface area contributed by atoms with Gasteiger partial charge in [0.15, 0.2) is 0 Å². The summed E-state index contributed by atoms with van der Waals surface area (Å²) in [6.07, 6.45) is 5.28. The standard InChI is InChI=1S/C18H22N4O2/c1-21(12-14-5-2-7-16(23)11-14)17(24)15-6-3-10-22(13-15)18-19-8-4-9-20-18/h2,4-5,7-9,11,15,23H,3,6,10,12-13H2,1H3/t15-/m1/s1. The number of hydrogen-bond acceptors (Lipinski definition) is 5. The number of phenols is 1. The lowest BCUT2D eigenvalue weighted by molar-refractivity contribution is -0.135. The van der Waals surface area contributed by atoms with Crippen molar-refractivity contribution >= 4 is 11.9 Å². The molecule has 1 N–H and O–H groups in total. The molecule has 1 amide bonds. The first-order chi connectivity index (χ1) is 11.6. The maximum atomic E-state index is 12.8. The van der Waals surface area contributed by atoms with E-state index in [9.17, 15) is 9.90 Å². The van der Waals surface area contributed by atoms with Gasteiger partial charge in [-0.2, -0.15) is 0 Å². The van der Waals surface area contributed by atoms with Crippen molar-refractivity contribution in [2.75, 3.05) is 25.0 Å². The Kier molecular flexibility index (Phi) is 4.93. The fraction of sp³-hybridized carbons (Fsp3) is 0.389. The molecule has 126 valence electrons. The molecule has 6 heteroatoms. The quantitative estimate of drug-likeness (QED) is 0.931. The number of benzene rings is 1. The number of carbonyl (C=O) groups is 1. The first kappa shape index (κ1) is 16.2. The van der Waals surface area contributed by atoms with E-state index >= 15 is 0 Å². The molecule has 2 heterocycles. The van der Waals surface area contributed by atoms with Gasteiger partial charge < -0.3 is 14.9 Å². The lowest BCUT2D eigenvalue weighted by Crippen LogP contribution is -2.44. The molecule has 24 heavy (non-hydrogen) atoms. The molecule has 0 spiro atoms. The molecule has 2 aromatic rings. The van der Waals surface area contributed by atoms with Crippen LogP contribution in [0.1, 0.15) is 18.4 Å². The van der Waals surface area contributed by atoms with Gasteiger partial charge in [0.05, 0.1) is 5.92 Å². The van der Waals surface area contributed by atoms with Crippen molar-refractivity contribution in [3.63, 3.8) is 0 Å². The van der Waals surface area contributed by atoms with Crippen molar-refractivity contribution < 1.29 is 9.90 Å². The molecule has 1 aliphatic heterocycles. The Morgan fingerprint density at radius 1 is 1.33 bits per heavy atom. The minimum Gasteiger partial charge on any atom is -0.508 e. The predicted octanol–water partition coefficient (Wildman–Crippen LogP) is 2.06. The Morgan fingerprint density at radius 2 is 2.12 bits per heavy atom. The molecule has 0 radical (unpaired) electrons. The van der Waals surface area contributed by atoms with Crippen LogP contribution in [0.25, 0.3) is 0 Å². The van der Waals surface area contributed by atoms with Crippen LogP contribution in [0, 0.1) is 5.92 Å². The molecule has 1 saturated heterocycles. The SMILES string of the molecule is CN(Cc1cccc(O)c1)C(=O)[C@@H]1CCCN(c2ncccn2)C1. The van der Waals surface area contributed by atoms with Gasteiger partial charge in [0.2, 0.25) is 11.9 Å². The Bertz CT molecular complexity index is 692. The summed E-state index contributed by atoms with van der Waals surface area (Å²) in [7, 11) is 1.81. The highest BCUT2D eigenvalue weighted by molar-refractivity contribution is 5.79. The average Bonchev–Trinajstić information content (AvgIpc) is 2.62. The number of carbonyl (C=O) groups excluding carboxylic acids is 1. The molecule has 3 rings (SSSR count). The summed E-state index contributed by atoms with van der Waals surface area (Å²) >= 11 is 0. The molecule has 0 aliphatic carbocycles. The first-order valence-corrected chi connectivity index (χ1v) is 8.18. The molecule has 0 unspecified atom stereocenters. The summed E-state index contributed by atoms with van der Waals surface area (Å²) in [6, 6.07) is 8.81. The Hall–Kier alpha value is -2.63. The largest absolute Gasteiger partial charge is 0.508 e. The van der Waals surface area contributed by atoms with E-state index in [0.717, 1.165) is 24.9 Å². The molecule has 6 nitrogen and oxygen atoms in total. The van der Waals surface area contributed by atoms with Crippen LogP contribution in [0.2, 0.25) is 0 Å². The topological polar surface area (TPSA) is 69.6 Å². The summed E-state index contributed by atoms with van der Waals surface area (Å²) in [5.74, 6) is 0.980. The third-order valence-electron chi connectivity index (χ3n) is 4.31. The number of aromatic hydroxyl groups is 1. The molecule has 0 saturated carbocycles. The third kappa shape index (κ3) is 3.82. The number of hydrogen-bond donors (Lipinski definition) is 1. The van der Waals surface area contributed by atoms with Crippen LogP contribution in [-0.2, 0) is 11.3 Å². The minimum atomic E-state index is -0.0511. The van der Waals surface area contributed by atoms with Crippen molar-refractivity contribution in [2.45, 2.75) is 19.4 Å². The van der Waals surface area contributed by atoms with Crippen LogP contribution < -0.4 is 4.90 Å². The van der Waals surface area contributed by atoms with Crippen molar-refractivity contribution in [1.29, 1.82) is 0 Å². The van der Waals surface area contributed by atoms with Gasteiger partial charge in [-0.1, -0.05) is 12.1 Å². The molecule has 0 bridgehead atoms. The Labute approximate surface area is 141 Å². The average molecular weight is 326 g/mol. The molecule has 1 atom stereocenters. The molecular formula is C18H22N4O2. The van der Waals surface area contributed by atoms with E-state index in [-0.39, 0.29) is 17.6 Å². The van der Waals surface area contributed by atoms with Crippen molar-refractivity contribution in [2.24, 2.45) is 5.92 Å². The van der Waals surface area contributed by atoms with E-state index in [2.05, 4.69) is 14.9 Å². The lowest BCUT2D eigenvalue weighted by atomic mass is 9.96. The number of nitrogens with zero attached hydrogens (tertiary/aromatic N) is 4. The fourth-order valence-electron chi connectivity index (χ4n) is 3.13. The summed E-state index contributed by atoms with van der Waals surface area (Å²) in [5.41, 5.74) is 0.921. The number of aromatic nitrogens is 2. The van der Waals surface area contributed by atoms with Crippen LogP contribution in [0.4, 0.5) is 5.95 Å². The number of rotatable bonds is 4. The minimum absolute atomic E-state index is 0.0511. The zero-order valence-corrected chi connectivity index (χ0v) is 13.8. The number of piperidine rings is 1. The Morgan fingerprint density at radius 3 is 2.88 bits per heavy atom. The van der Waals surface area contributed by atoms with E-state index in [1.165, 1.54) is 0 Å². The highest BCUT2D eigenvalue weighted by atomic mass is 16.3. The maximum Gasteiger partial charge on any atom is 0.227 e.